The molecular weight excluding hydrogens is 369 g/mol. The van der Waals surface area contributed by atoms with Gasteiger partial charge < -0.3 is 5.32 Å². The summed E-state index contributed by atoms with van der Waals surface area (Å²) in [5.74, 6) is 0.713. The number of nitrogens with one attached hydrogen (secondary N) is 1. The molecule has 0 saturated carbocycles. The van der Waals surface area contributed by atoms with Crippen LogP contribution in [0.2, 0.25) is 5.02 Å². The van der Waals surface area contributed by atoms with Gasteiger partial charge >= 0.3 is 0 Å². The van der Waals surface area contributed by atoms with Crippen molar-refractivity contribution in [3.63, 3.8) is 0 Å². The van der Waals surface area contributed by atoms with Crippen LogP contribution in [0.1, 0.15) is 24.4 Å². The highest BCUT2D eigenvalue weighted by Gasteiger charge is 2.17. The van der Waals surface area contributed by atoms with Crippen LogP contribution in [0.4, 0.5) is 4.39 Å². The van der Waals surface area contributed by atoms with Gasteiger partial charge in [0.25, 0.3) is 5.56 Å². The van der Waals surface area contributed by atoms with Crippen molar-refractivity contribution in [2.45, 2.75) is 19.5 Å². The van der Waals surface area contributed by atoms with Crippen LogP contribution in [0.15, 0.2) is 47.3 Å². The summed E-state index contributed by atoms with van der Waals surface area (Å²) in [6, 6.07) is 11.6. The second kappa shape index (κ2) is 6.75. The van der Waals surface area contributed by atoms with E-state index in [9.17, 15) is 9.18 Å². The molecule has 0 aliphatic carbocycles. The normalized spacial score (nSPS) is 12.7. The zero-order chi connectivity index (χ0) is 19.1. The lowest BCUT2D eigenvalue weighted by Gasteiger charge is -2.16. The molecule has 0 aliphatic rings. The van der Waals surface area contributed by atoms with Crippen LogP contribution < -0.4 is 10.9 Å². The summed E-state index contributed by atoms with van der Waals surface area (Å²) >= 11 is 6.15. The highest BCUT2D eigenvalue weighted by atomic mass is 35.5. The second-order valence-electron chi connectivity index (χ2n) is 6.37. The van der Waals surface area contributed by atoms with Gasteiger partial charge in [0.15, 0.2) is 5.82 Å². The van der Waals surface area contributed by atoms with Crippen LogP contribution >= 0.6 is 11.6 Å². The third kappa shape index (κ3) is 2.89. The molecule has 1 atom stereocenters. The van der Waals surface area contributed by atoms with Crippen LogP contribution in [-0.2, 0) is 13.6 Å². The molecule has 4 aromatic rings. The van der Waals surface area contributed by atoms with Crippen molar-refractivity contribution in [1.82, 2.24) is 24.5 Å². The van der Waals surface area contributed by atoms with Crippen molar-refractivity contribution < 1.29 is 4.39 Å². The zero-order valence-electron chi connectivity index (χ0n) is 14.8. The lowest BCUT2D eigenvalue weighted by molar-refractivity contribution is 0.519. The van der Waals surface area contributed by atoms with Crippen LogP contribution in [-0.4, -0.2) is 19.2 Å². The molecule has 0 aliphatic heterocycles. The number of aryl methyl sites for hydroxylation is 1. The van der Waals surface area contributed by atoms with Gasteiger partial charge in [-0.15, -0.1) is 10.2 Å². The number of rotatable bonds is 4. The topological polar surface area (TPSA) is 64.2 Å². The summed E-state index contributed by atoms with van der Waals surface area (Å²) in [5.41, 5.74) is 1.01. The number of hydrogen-bond acceptors (Lipinski definition) is 4. The Kier molecular flexibility index (Phi) is 4.41. The third-order valence-electron chi connectivity index (χ3n) is 4.69. The SMILES string of the molecule is CC(NCc1nnc2n(C)c(=O)c3ccccc3n12)c1c(F)cccc1Cl. The molecule has 138 valence electrons. The van der Waals surface area contributed by atoms with E-state index >= 15 is 0 Å². The second-order valence-corrected chi connectivity index (χ2v) is 6.78. The van der Waals surface area contributed by atoms with Gasteiger partial charge in [-0.2, -0.15) is 0 Å². The lowest BCUT2D eigenvalue weighted by atomic mass is 10.1. The van der Waals surface area contributed by atoms with Crippen LogP contribution in [0, 0.1) is 5.82 Å². The summed E-state index contributed by atoms with van der Waals surface area (Å²) < 4.78 is 17.4. The Morgan fingerprint density at radius 1 is 1.19 bits per heavy atom. The molecule has 6 nitrogen and oxygen atoms in total. The minimum atomic E-state index is -0.360. The highest BCUT2D eigenvalue weighted by molar-refractivity contribution is 6.31. The number of benzene rings is 2. The first-order valence-electron chi connectivity index (χ1n) is 8.48. The van der Waals surface area contributed by atoms with Gasteiger partial charge in [-0.25, -0.2) is 4.39 Å². The average molecular weight is 386 g/mol. The Balaban J connectivity index is 1.74. The maximum absolute atomic E-state index is 14.1. The van der Waals surface area contributed by atoms with E-state index in [1.807, 2.05) is 29.5 Å². The van der Waals surface area contributed by atoms with Crippen molar-refractivity contribution in [1.29, 1.82) is 0 Å². The third-order valence-corrected chi connectivity index (χ3v) is 5.02. The maximum Gasteiger partial charge on any atom is 0.262 e. The molecule has 27 heavy (non-hydrogen) atoms. The molecule has 0 spiro atoms. The molecule has 2 heterocycles. The Morgan fingerprint density at radius 3 is 2.74 bits per heavy atom. The largest absolute Gasteiger partial charge is 0.303 e. The smallest absolute Gasteiger partial charge is 0.262 e. The first kappa shape index (κ1) is 17.6. The fourth-order valence-electron chi connectivity index (χ4n) is 3.28. The van der Waals surface area contributed by atoms with Gasteiger partial charge in [-0.1, -0.05) is 29.8 Å². The molecule has 1 N–H and O–H groups in total. The molecule has 2 aromatic carbocycles. The van der Waals surface area contributed by atoms with Crippen molar-refractivity contribution >= 4 is 28.3 Å². The first-order chi connectivity index (χ1) is 13.0. The number of fused-ring (bicyclic) bond motifs is 3. The Labute approximate surface area is 159 Å². The molecule has 0 radical (unpaired) electrons. The molecule has 0 saturated heterocycles. The predicted molar refractivity (Wildman–Crippen MR) is 102 cm³/mol. The van der Waals surface area contributed by atoms with Crippen molar-refractivity contribution in [3.8, 4) is 0 Å². The van der Waals surface area contributed by atoms with E-state index in [2.05, 4.69) is 15.5 Å². The number of halogens is 2. The molecule has 4 rings (SSSR count). The van der Waals surface area contributed by atoms with E-state index in [4.69, 9.17) is 11.6 Å². The molecule has 8 heteroatoms. The van der Waals surface area contributed by atoms with Gasteiger partial charge in [-0.3, -0.25) is 13.8 Å². The highest BCUT2D eigenvalue weighted by Crippen LogP contribution is 2.26. The van der Waals surface area contributed by atoms with Gasteiger partial charge in [0.05, 0.1) is 17.4 Å². The first-order valence-corrected chi connectivity index (χ1v) is 8.86. The average Bonchev–Trinajstić information content (AvgIpc) is 3.08. The Hall–Kier alpha value is -2.77. The number of aromatic nitrogens is 4. The van der Waals surface area contributed by atoms with E-state index in [0.29, 0.717) is 34.1 Å². The van der Waals surface area contributed by atoms with Crippen LogP contribution in [0.25, 0.3) is 16.7 Å². The zero-order valence-corrected chi connectivity index (χ0v) is 15.5. The number of para-hydroxylation sites is 1. The number of nitrogens with zero attached hydrogens (tertiary/aromatic N) is 4. The fourth-order valence-corrected chi connectivity index (χ4v) is 3.60. The minimum absolute atomic E-state index is 0.128. The molecule has 2 aromatic heterocycles. The summed E-state index contributed by atoms with van der Waals surface area (Å²) in [4.78, 5) is 12.5. The van der Waals surface area contributed by atoms with Gasteiger partial charge in [0, 0.05) is 23.7 Å². The van der Waals surface area contributed by atoms with Crippen molar-refractivity contribution in [2.75, 3.05) is 0 Å². The minimum Gasteiger partial charge on any atom is -0.303 e. The van der Waals surface area contributed by atoms with Crippen molar-refractivity contribution in [3.05, 3.63) is 75.0 Å². The lowest BCUT2D eigenvalue weighted by Crippen LogP contribution is -2.23. The molecule has 0 fully saturated rings. The van der Waals surface area contributed by atoms with E-state index in [1.165, 1.54) is 10.6 Å². The van der Waals surface area contributed by atoms with E-state index in [0.717, 1.165) is 5.52 Å². The maximum atomic E-state index is 14.1. The summed E-state index contributed by atoms with van der Waals surface area (Å²) in [6.07, 6.45) is 0. The van der Waals surface area contributed by atoms with Crippen LogP contribution in [0.5, 0.6) is 0 Å². The summed E-state index contributed by atoms with van der Waals surface area (Å²) in [6.45, 7) is 2.16. The van der Waals surface area contributed by atoms with Gasteiger partial charge in [0.2, 0.25) is 5.78 Å². The molecular formula is C19H17ClFN5O. The monoisotopic (exact) mass is 385 g/mol. The fraction of sp³-hybridized carbons (Fsp3) is 0.211. The van der Waals surface area contributed by atoms with Crippen LogP contribution in [0.3, 0.4) is 0 Å². The molecule has 0 amide bonds. The van der Waals surface area contributed by atoms with E-state index < -0.39 is 0 Å². The predicted octanol–water partition coefficient (Wildman–Crippen LogP) is 3.22. The Bertz CT molecular complexity index is 1200. The van der Waals surface area contributed by atoms with E-state index in [-0.39, 0.29) is 17.4 Å². The van der Waals surface area contributed by atoms with Crippen molar-refractivity contribution in [2.24, 2.45) is 7.05 Å². The van der Waals surface area contributed by atoms with Gasteiger partial charge in [0.1, 0.15) is 5.82 Å². The molecule has 1 unspecified atom stereocenters. The van der Waals surface area contributed by atoms with Gasteiger partial charge in [-0.05, 0) is 31.2 Å². The standard InChI is InChI=1S/C19H17ClFN5O/c1-11(17-13(20)7-5-8-14(17)21)22-10-16-23-24-19-25(2)18(27)12-6-3-4-9-15(12)26(16)19/h3-9,11,22H,10H2,1-2H3. The van der Waals surface area contributed by atoms with E-state index in [1.54, 1.807) is 25.2 Å². The summed E-state index contributed by atoms with van der Waals surface area (Å²) in [7, 11) is 1.66. The Morgan fingerprint density at radius 2 is 1.96 bits per heavy atom. The summed E-state index contributed by atoms with van der Waals surface area (Å²) in [5, 5.41) is 12.6. The molecule has 0 bridgehead atoms. The number of hydrogen-bond donors (Lipinski definition) is 1. The quantitative estimate of drug-likeness (QED) is 0.586.